The zero-order valence-electron chi connectivity index (χ0n) is 18.4. The van der Waals surface area contributed by atoms with E-state index in [1.807, 2.05) is 24.3 Å². The van der Waals surface area contributed by atoms with E-state index in [-0.39, 0.29) is 23.8 Å². The molecular formula is C24H25FN2O5S. The van der Waals surface area contributed by atoms with Gasteiger partial charge < -0.3 is 9.72 Å². The third-order valence-corrected chi connectivity index (χ3v) is 7.85. The monoisotopic (exact) mass is 472 g/mol. The Balaban J connectivity index is 1.46. The first-order chi connectivity index (χ1) is 15.7. The van der Waals surface area contributed by atoms with Crippen LogP contribution in [0.15, 0.2) is 53.4 Å². The van der Waals surface area contributed by atoms with Gasteiger partial charge >= 0.3 is 5.97 Å². The number of ketones is 1. The van der Waals surface area contributed by atoms with Gasteiger partial charge in [-0.1, -0.05) is 18.2 Å². The standard InChI is InChI=1S/C24H25FN2O5S/c1-15-22(20-7-3-4-8-21(20)26-15)23(28)16(2)32-24(29)17-6-5-13-27(14-17)33(30,31)19-11-9-18(25)10-12-19/h3-4,7-12,16-17,26H,5-6,13-14H2,1-2H3. The molecule has 33 heavy (non-hydrogen) atoms. The smallest absolute Gasteiger partial charge is 0.310 e. The van der Waals surface area contributed by atoms with E-state index in [1.54, 1.807) is 6.92 Å². The summed E-state index contributed by atoms with van der Waals surface area (Å²) in [6.45, 7) is 3.52. The van der Waals surface area contributed by atoms with Crippen LogP contribution in [0.3, 0.4) is 0 Å². The van der Waals surface area contributed by atoms with E-state index in [0.29, 0.717) is 24.1 Å². The van der Waals surface area contributed by atoms with Crippen LogP contribution in [0.1, 0.15) is 35.8 Å². The minimum atomic E-state index is -3.87. The van der Waals surface area contributed by atoms with Gasteiger partial charge in [-0.15, -0.1) is 0 Å². The normalized spacial score (nSPS) is 18.2. The van der Waals surface area contributed by atoms with Crippen molar-refractivity contribution < 1.29 is 27.1 Å². The molecule has 2 aromatic carbocycles. The van der Waals surface area contributed by atoms with Crippen LogP contribution >= 0.6 is 0 Å². The number of esters is 1. The van der Waals surface area contributed by atoms with E-state index in [2.05, 4.69) is 4.98 Å². The summed E-state index contributed by atoms with van der Waals surface area (Å²) in [6, 6.07) is 12.0. The number of fused-ring (bicyclic) bond motifs is 1. The minimum Gasteiger partial charge on any atom is -0.454 e. The van der Waals surface area contributed by atoms with Gasteiger partial charge in [0.05, 0.1) is 10.8 Å². The SMILES string of the molecule is Cc1[nH]c2ccccc2c1C(=O)C(C)OC(=O)C1CCCN(S(=O)(=O)c2ccc(F)cc2)C1. The molecule has 2 unspecified atom stereocenters. The zero-order chi connectivity index (χ0) is 23.8. The Hall–Kier alpha value is -3.04. The Morgan fingerprint density at radius 1 is 1.15 bits per heavy atom. The average Bonchev–Trinajstić information content (AvgIpc) is 3.14. The summed E-state index contributed by atoms with van der Waals surface area (Å²) in [5, 5.41) is 0.761. The van der Waals surface area contributed by atoms with Crippen molar-refractivity contribution in [2.24, 2.45) is 5.92 Å². The highest BCUT2D eigenvalue weighted by molar-refractivity contribution is 7.89. The Kier molecular flexibility index (Phi) is 6.36. The molecule has 4 rings (SSSR count). The van der Waals surface area contributed by atoms with Crippen molar-refractivity contribution in [3.63, 3.8) is 0 Å². The van der Waals surface area contributed by atoms with Crippen LogP contribution in [0.5, 0.6) is 0 Å². The fourth-order valence-corrected chi connectivity index (χ4v) is 5.75. The number of rotatable bonds is 6. The van der Waals surface area contributed by atoms with Gasteiger partial charge in [0, 0.05) is 35.2 Å². The van der Waals surface area contributed by atoms with Crippen molar-refractivity contribution in [1.82, 2.24) is 9.29 Å². The number of nitrogens with one attached hydrogen (secondary N) is 1. The van der Waals surface area contributed by atoms with Gasteiger partial charge in [-0.3, -0.25) is 9.59 Å². The van der Waals surface area contributed by atoms with Crippen LogP contribution in [0, 0.1) is 18.7 Å². The highest BCUT2D eigenvalue weighted by atomic mass is 32.2. The van der Waals surface area contributed by atoms with E-state index in [4.69, 9.17) is 4.74 Å². The summed E-state index contributed by atoms with van der Waals surface area (Å²) in [5.41, 5.74) is 2.00. The lowest BCUT2D eigenvalue weighted by Crippen LogP contribution is -2.43. The lowest BCUT2D eigenvalue weighted by atomic mass is 9.99. The van der Waals surface area contributed by atoms with Crippen LogP contribution in [0.4, 0.5) is 4.39 Å². The van der Waals surface area contributed by atoms with E-state index in [0.717, 1.165) is 23.0 Å². The molecule has 9 heteroatoms. The molecule has 174 valence electrons. The van der Waals surface area contributed by atoms with Gasteiger partial charge in [-0.2, -0.15) is 4.31 Å². The minimum absolute atomic E-state index is 0.0312. The van der Waals surface area contributed by atoms with E-state index in [9.17, 15) is 22.4 Å². The highest BCUT2D eigenvalue weighted by Crippen LogP contribution is 2.27. The van der Waals surface area contributed by atoms with Crippen molar-refractivity contribution in [1.29, 1.82) is 0 Å². The average molecular weight is 473 g/mol. The number of hydrogen-bond acceptors (Lipinski definition) is 5. The van der Waals surface area contributed by atoms with E-state index < -0.39 is 33.8 Å². The molecule has 3 aromatic rings. The summed E-state index contributed by atoms with van der Waals surface area (Å²) < 4.78 is 45.7. The highest BCUT2D eigenvalue weighted by Gasteiger charge is 2.35. The number of H-pyrrole nitrogens is 1. The fraction of sp³-hybridized carbons (Fsp3) is 0.333. The largest absolute Gasteiger partial charge is 0.454 e. The lowest BCUT2D eigenvalue weighted by Gasteiger charge is -2.31. The Morgan fingerprint density at radius 3 is 2.58 bits per heavy atom. The van der Waals surface area contributed by atoms with Crippen molar-refractivity contribution in [2.45, 2.75) is 37.7 Å². The number of carbonyl (C=O) groups excluding carboxylic acids is 2. The van der Waals surface area contributed by atoms with Gasteiger partial charge in [0.25, 0.3) is 0 Å². The first kappa shape index (κ1) is 23.1. The summed E-state index contributed by atoms with van der Waals surface area (Å²) in [6.07, 6.45) is -0.0785. The maximum Gasteiger partial charge on any atom is 0.310 e. The number of aryl methyl sites for hydroxylation is 1. The van der Waals surface area contributed by atoms with Crippen molar-refractivity contribution in [3.8, 4) is 0 Å². The molecule has 1 aliphatic heterocycles. The number of sulfonamides is 1. The number of halogens is 1. The number of benzene rings is 2. The number of Topliss-reactive ketones (excluding diaryl/α,β-unsaturated/α-hetero) is 1. The quantitative estimate of drug-likeness (QED) is 0.435. The molecule has 1 aliphatic rings. The van der Waals surface area contributed by atoms with E-state index >= 15 is 0 Å². The van der Waals surface area contributed by atoms with Crippen LogP contribution in [0.2, 0.25) is 0 Å². The maximum atomic E-state index is 13.2. The third kappa shape index (κ3) is 4.56. The first-order valence-electron chi connectivity index (χ1n) is 10.8. The second-order valence-corrected chi connectivity index (χ2v) is 10.2. The molecule has 1 N–H and O–H groups in total. The molecule has 0 aliphatic carbocycles. The summed E-state index contributed by atoms with van der Waals surface area (Å²) >= 11 is 0. The molecule has 1 fully saturated rings. The fourth-order valence-electron chi connectivity index (χ4n) is 4.23. The summed E-state index contributed by atoms with van der Waals surface area (Å²) in [7, 11) is -3.87. The van der Waals surface area contributed by atoms with Gasteiger partial charge in [-0.05, 0) is 57.0 Å². The van der Waals surface area contributed by atoms with Crippen molar-refractivity contribution in [3.05, 3.63) is 65.6 Å². The Bertz CT molecular complexity index is 1300. The number of para-hydroxylation sites is 1. The lowest BCUT2D eigenvalue weighted by molar-refractivity contribution is -0.152. The predicted octanol–water partition coefficient (Wildman–Crippen LogP) is 3.83. The Labute approximate surface area is 191 Å². The zero-order valence-corrected chi connectivity index (χ0v) is 19.2. The van der Waals surface area contributed by atoms with E-state index in [1.165, 1.54) is 23.4 Å². The second kappa shape index (κ2) is 9.07. The number of carbonyl (C=O) groups is 2. The molecule has 2 atom stereocenters. The number of piperidine rings is 1. The number of hydrogen-bond donors (Lipinski definition) is 1. The first-order valence-corrected chi connectivity index (χ1v) is 12.2. The third-order valence-electron chi connectivity index (χ3n) is 5.97. The van der Waals surface area contributed by atoms with Gasteiger partial charge in [0.15, 0.2) is 6.10 Å². The Morgan fingerprint density at radius 2 is 1.85 bits per heavy atom. The number of aromatic nitrogens is 1. The van der Waals surface area contributed by atoms with Crippen LogP contribution < -0.4 is 0 Å². The van der Waals surface area contributed by atoms with Crippen molar-refractivity contribution in [2.75, 3.05) is 13.1 Å². The number of ether oxygens (including phenoxy) is 1. The number of aromatic amines is 1. The molecular weight excluding hydrogens is 447 g/mol. The molecule has 1 saturated heterocycles. The van der Waals surface area contributed by atoms with Crippen molar-refractivity contribution >= 4 is 32.7 Å². The molecule has 0 saturated carbocycles. The molecule has 0 spiro atoms. The molecule has 0 amide bonds. The molecule has 2 heterocycles. The maximum absolute atomic E-state index is 13.2. The second-order valence-electron chi connectivity index (χ2n) is 8.27. The topological polar surface area (TPSA) is 96.5 Å². The van der Waals surface area contributed by atoms with Gasteiger partial charge in [0.2, 0.25) is 15.8 Å². The molecule has 0 bridgehead atoms. The predicted molar refractivity (Wildman–Crippen MR) is 121 cm³/mol. The molecule has 7 nitrogen and oxygen atoms in total. The van der Waals surface area contributed by atoms with Crippen LogP contribution in [-0.4, -0.2) is 48.7 Å². The van der Waals surface area contributed by atoms with Crippen LogP contribution in [0.25, 0.3) is 10.9 Å². The summed E-state index contributed by atoms with van der Waals surface area (Å²) in [5.74, 6) is -2.14. The van der Waals surface area contributed by atoms with Gasteiger partial charge in [0.1, 0.15) is 5.82 Å². The number of nitrogens with zero attached hydrogens (tertiary/aromatic N) is 1. The molecule has 1 aromatic heterocycles. The van der Waals surface area contributed by atoms with Crippen LogP contribution in [-0.2, 0) is 19.6 Å². The summed E-state index contributed by atoms with van der Waals surface area (Å²) in [4.78, 5) is 29.0. The molecule has 0 radical (unpaired) electrons. The van der Waals surface area contributed by atoms with Gasteiger partial charge in [-0.25, -0.2) is 12.8 Å².